The van der Waals surface area contributed by atoms with Crippen LogP contribution in [0.1, 0.15) is 25.1 Å². The van der Waals surface area contributed by atoms with Crippen LogP contribution >= 0.6 is 0 Å². The highest BCUT2D eigenvalue weighted by Crippen LogP contribution is 2.47. The molecule has 0 aromatic carbocycles. The highest BCUT2D eigenvalue weighted by molar-refractivity contribution is 5.27. The molecule has 0 aliphatic heterocycles. The maximum Gasteiger partial charge on any atom is 0.240 e. The first-order valence-electron chi connectivity index (χ1n) is 5.83. The molecular weight excluding hydrogens is 218 g/mol. The minimum Gasteiger partial charge on any atom is -0.480 e. The van der Waals surface area contributed by atoms with E-state index in [-0.39, 0.29) is 6.04 Å². The molecule has 0 radical (unpaired) electrons. The summed E-state index contributed by atoms with van der Waals surface area (Å²) >= 11 is 0. The first-order chi connectivity index (χ1) is 8.21. The fourth-order valence-electron chi connectivity index (χ4n) is 2.20. The molecule has 1 aliphatic carbocycles. The Morgan fingerprint density at radius 2 is 2.12 bits per heavy atom. The SMILES string of the molecule is CNC(c1ncc(OC)nc1OC)C1CC1C. The molecule has 1 aromatic heterocycles. The van der Waals surface area contributed by atoms with Gasteiger partial charge in [-0.05, 0) is 25.3 Å². The van der Waals surface area contributed by atoms with Crippen molar-refractivity contribution in [2.45, 2.75) is 19.4 Å². The third kappa shape index (κ3) is 2.34. The van der Waals surface area contributed by atoms with Crippen LogP contribution in [-0.2, 0) is 0 Å². The van der Waals surface area contributed by atoms with Gasteiger partial charge in [0.05, 0.1) is 26.5 Å². The van der Waals surface area contributed by atoms with Gasteiger partial charge >= 0.3 is 0 Å². The molecule has 0 bridgehead atoms. The van der Waals surface area contributed by atoms with Crippen LogP contribution in [0.25, 0.3) is 0 Å². The average molecular weight is 237 g/mol. The third-order valence-corrected chi connectivity index (χ3v) is 3.35. The van der Waals surface area contributed by atoms with Gasteiger partial charge in [-0.2, -0.15) is 4.98 Å². The molecule has 1 aromatic rings. The summed E-state index contributed by atoms with van der Waals surface area (Å²) in [6.07, 6.45) is 2.86. The summed E-state index contributed by atoms with van der Waals surface area (Å²) in [5.74, 6) is 2.38. The third-order valence-electron chi connectivity index (χ3n) is 3.35. The Bertz CT molecular complexity index is 397. The Labute approximate surface area is 102 Å². The quantitative estimate of drug-likeness (QED) is 0.839. The lowest BCUT2D eigenvalue weighted by Gasteiger charge is -2.17. The molecule has 0 spiro atoms. The minimum absolute atomic E-state index is 0.207. The smallest absolute Gasteiger partial charge is 0.240 e. The number of rotatable bonds is 5. The van der Waals surface area contributed by atoms with Gasteiger partial charge in [0.15, 0.2) is 0 Å². The zero-order chi connectivity index (χ0) is 12.4. The van der Waals surface area contributed by atoms with Gasteiger partial charge in [-0.1, -0.05) is 6.92 Å². The van der Waals surface area contributed by atoms with Crippen LogP contribution in [0.4, 0.5) is 0 Å². The number of methoxy groups -OCH3 is 2. The molecule has 2 rings (SSSR count). The number of hydrogen-bond acceptors (Lipinski definition) is 5. The van der Waals surface area contributed by atoms with Crippen molar-refractivity contribution < 1.29 is 9.47 Å². The van der Waals surface area contributed by atoms with E-state index in [0.717, 1.165) is 11.6 Å². The fourth-order valence-corrected chi connectivity index (χ4v) is 2.20. The molecule has 1 fully saturated rings. The lowest BCUT2D eigenvalue weighted by atomic mass is 10.1. The van der Waals surface area contributed by atoms with Crippen LogP contribution in [0.15, 0.2) is 6.20 Å². The summed E-state index contributed by atoms with van der Waals surface area (Å²) in [7, 11) is 5.12. The van der Waals surface area contributed by atoms with Crippen LogP contribution in [-0.4, -0.2) is 31.2 Å². The van der Waals surface area contributed by atoms with Crippen LogP contribution < -0.4 is 14.8 Å². The maximum atomic E-state index is 5.29. The van der Waals surface area contributed by atoms with Gasteiger partial charge in [0.1, 0.15) is 5.69 Å². The van der Waals surface area contributed by atoms with Crippen molar-refractivity contribution in [2.75, 3.05) is 21.3 Å². The van der Waals surface area contributed by atoms with Gasteiger partial charge in [-0.3, -0.25) is 0 Å². The number of aromatic nitrogens is 2. The fraction of sp³-hybridized carbons (Fsp3) is 0.667. The molecule has 3 unspecified atom stereocenters. The van der Waals surface area contributed by atoms with E-state index in [0.29, 0.717) is 17.7 Å². The summed E-state index contributed by atoms with van der Waals surface area (Å²) in [4.78, 5) is 8.68. The molecule has 1 N–H and O–H groups in total. The Morgan fingerprint density at radius 1 is 1.41 bits per heavy atom. The maximum absolute atomic E-state index is 5.29. The van der Waals surface area contributed by atoms with E-state index in [1.165, 1.54) is 6.42 Å². The van der Waals surface area contributed by atoms with Crippen molar-refractivity contribution in [1.82, 2.24) is 15.3 Å². The van der Waals surface area contributed by atoms with Crippen molar-refractivity contribution >= 4 is 0 Å². The van der Waals surface area contributed by atoms with Crippen LogP contribution in [0, 0.1) is 11.8 Å². The Morgan fingerprint density at radius 3 is 2.59 bits per heavy atom. The number of nitrogens with zero attached hydrogens (tertiary/aromatic N) is 2. The van der Waals surface area contributed by atoms with Gasteiger partial charge in [0.25, 0.3) is 0 Å². The van der Waals surface area contributed by atoms with Crippen molar-refractivity contribution in [1.29, 1.82) is 0 Å². The zero-order valence-electron chi connectivity index (χ0n) is 10.7. The van der Waals surface area contributed by atoms with Gasteiger partial charge in [0, 0.05) is 0 Å². The number of hydrogen-bond donors (Lipinski definition) is 1. The van der Waals surface area contributed by atoms with Crippen LogP contribution in [0.3, 0.4) is 0 Å². The number of nitrogens with one attached hydrogen (secondary N) is 1. The van der Waals surface area contributed by atoms with Gasteiger partial charge in [-0.15, -0.1) is 0 Å². The molecule has 5 nitrogen and oxygen atoms in total. The van der Waals surface area contributed by atoms with Crippen molar-refractivity contribution in [3.05, 3.63) is 11.9 Å². The minimum atomic E-state index is 0.207. The highest BCUT2D eigenvalue weighted by atomic mass is 16.5. The standard InChI is InChI=1S/C12H19N3O2/c1-7-5-8(7)10(13-2)11-12(17-4)15-9(16-3)6-14-11/h6-8,10,13H,5H2,1-4H3. The molecule has 1 heterocycles. The summed E-state index contributed by atoms with van der Waals surface area (Å²) in [6, 6.07) is 0.207. The summed E-state index contributed by atoms with van der Waals surface area (Å²) < 4.78 is 10.3. The molecule has 94 valence electrons. The van der Waals surface area contributed by atoms with E-state index < -0.39 is 0 Å². The first-order valence-corrected chi connectivity index (χ1v) is 5.83. The van der Waals surface area contributed by atoms with Crippen molar-refractivity contribution in [3.8, 4) is 11.8 Å². The van der Waals surface area contributed by atoms with E-state index in [9.17, 15) is 0 Å². The molecule has 0 amide bonds. The highest BCUT2D eigenvalue weighted by Gasteiger charge is 2.41. The summed E-state index contributed by atoms with van der Waals surface area (Å²) in [5.41, 5.74) is 0.866. The Balaban J connectivity index is 2.29. The Kier molecular flexibility index (Phi) is 3.47. The molecule has 0 saturated heterocycles. The molecule has 1 aliphatic rings. The average Bonchev–Trinajstić information content (AvgIpc) is 3.07. The van der Waals surface area contributed by atoms with E-state index in [1.807, 2.05) is 7.05 Å². The second-order valence-corrected chi connectivity index (χ2v) is 4.45. The lowest BCUT2D eigenvalue weighted by molar-refractivity contribution is 0.346. The molecule has 3 atom stereocenters. The van der Waals surface area contributed by atoms with Gasteiger partial charge in [-0.25, -0.2) is 4.98 Å². The number of ether oxygens (including phenoxy) is 2. The normalized spacial score (nSPS) is 24.2. The predicted octanol–water partition coefficient (Wildman–Crippen LogP) is 1.41. The van der Waals surface area contributed by atoms with E-state index in [2.05, 4.69) is 22.2 Å². The second-order valence-electron chi connectivity index (χ2n) is 4.45. The first kappa shape index (κ1) is 12.1. The second kappa shape index (κ2) is 4.87. The monoisotopic (exact) mass is 237 g/mol. The van der Waals surface area contributed by atoms with Crippen molar-refractivity contribution in [2.24, 2.45) is 11.8 Å². The van der Waals surface area contributed by atoms with Crippen LogP contribution in [0.5, 0.6) is 11.8 Å². The van der Waals surface area contributed by atoms with E-state index in [4.69, 9.17) is 9.47 Å². The van der Waals surface area contributed by atoms with Gasteiger partial charge in [0.2, 0.25) is 11.8 Å². The molecule has 5 heteroatoms. The summed E-state index contributed by atoms with van der Waals surface area (Å²) in [6.45, 7) is 2.25. The predicted molar refractivity (Wildman–Crippen MR) is 64.2 cm³/mol. The molecular formula is C12H19N3O2. The van der Waals surface area contributed by atoms with Gasteiger partial charge < -0.3 is 14.8 Å². The lowest BCUT2D eigenvalue weighted by Crippen LogP contribution is -2.21. The Hall–Kier alpha value is -1.36. The van der Waals surface area contributed by atoms with Crippen molar-refractivity contribution in [3.63, 3.8) is 0 Å². The molecule has 1 saturated carbocycles. The van der Waals surface area contributed by atoms with Crippen LogP contribution in [0.2, 0.25) is 0 Å². The summed E-state index contributed by atoms with van der Waals surface area (Å²) in [5, 5.41) is 3.30. The van der Waals surface area contributed by atoms with E-state index in [1.54, 1.807) is 20.4 Å². The topological polar surface area (TPSA) is 56.3 Å². The molecule has 17 heavy (non-hydrogen) atoms. The zero-order valence-corrected chi connectivity index (χ0v) is 10.7. The largest absolute Gasteiger partial charge is 0.480 e. The van der Waals surface area contributed by atoms with E-state index >= 15 is 0 Å².